The molecule has 0 aliphatic carbocycles. The van der Waals surface area contributed by atoms with Crippen molar-refractivity contribution in [3.63, 3.8) is 0 Å². The molecule has 2 rings (SSSR count). The minimum atomic E-state index is -0.654. The number of hydrogen-bond acceptors (Lipinski definition) is 3. The number of amides is 2. The molecular weight excluding hydrogens is 373 g/mol. The van der Waals surface area contributed by atoms with Crippen LogP contribution in [0, 0.1) is 0 Å². The molecule has 0 atom stereocenters. The number of imide groups is 1. The van der Waals surface area contributed by atoms with Crippen LogP contribution in [0.4, 0.5) is 0 Å². The number of aliphatic hydroxyl groups excluding tert-OH is 1. The van der Waals surface area contributed by atoms with Gasteiger partial charge in [0.1, 0.15) is 0 Å². The van der Waals surface area contributed by atoms with Gasteiger partial charge in [0.25, 0.3) is 11.8 Å². The second kappa shape index (κ2) is 9.98. The van der Waals surface area contributed by atoms with E-state index in [9.17, 15) is 14.7 Å². The van der Waals surface area contributed by atoms with Crippen molar-refractivity contribution in [1.82, 2.24) is 4.90 Å². The molecule has 1 heterocycles. The molecule has 1 aromatic rings. The van der Waals surface area contributed by atoms with Crippen LogP contribution in [0.1, 0.15) is 63.9 Å². The molecule has 0 bridgehead atoms. The first-order valence-corrected chi connectivity index (χ1v) is 9.97. The van der Waals surface area contributed by atoms with Gasteiger partial charge < -0.3 is 5.11 Å². The third-order valence-corrected chi connectivity index (χ3v) is 5.13. The van der Waals surface area contributed by atoms with Gasteiger partial charge >= 0.3 is 0 Å². The summed E-state index contributed by atoms with van der Waals surface area (Å²) < 4.78 is 0. The van der Waals surface area contributed by atoms with Crippen LogP contribution in [-0.2, 0) is 9.59 Å². The number of halogens is 2. The van der Waals surface area contributed by atoms with Gasteiger partial charge in [0, 0.05) is 17.1 Å². The number of benzene rings is 1. The van der Waals surface area contributed by atoms with Crippen LogP contribution >= 0.6 is 23.2 Å². The SMILES string of the molecule is CCCCCCCCCCN1C(=O)C(O)=C(c2ccc(Cl)cc2Cl)C1=O. The van der Waals surface area contributed by atoms with Crippen LogP contribution in [0.15, 0.2) is 24.0 Å². The minimum absolute atomic E-state index is 0.0452. The molecule has 1 aromatic carbocycles. The number of aliphatic hydroxyl groups is 1. The zero-order valence-corrected chi connectivity index (χ0v) is 16.6. The summed E-state index contributed by atoms with van der Waals surface area (Å²) in [6.45, 7) is 2.50. The Balaban J connectivity index is 1.90. The van der Waals surface area contributed by atoms with E-state index in [-0.39, 0.29) is 10.6 Å². The van der Waals surface area contributed by atoms with E-state index in [0.29, 0.717) is 17.1 Å². The number of hydrogen-bond donors (Lipinski definition) is 1. The Hall–Kier alpha value is -1.52. The molecule has 1 aliphatic rings. The Labute approximate surface area is 164 Å². The molecule has 0 saturated heterocycles. The van der Waals surface area contributed by atoms with Crippen molar-refractivity contribution >= 4 is 40.6 Å². The van der Waals surface area contributed by atoms with Crippen LogP contribution < -0.4 is 0 Å². The van der Waals surface area contributed by atoms with Crippen molar-refractivity contribution in [2.45, 2.75) is 58.3 Å². The van der Waals surface area contributed by atoms with E-state index in [1.165, 1.54) is 38.2 Å². The van der Waals surface area contributed by atoms with Crippen molar-refractivity contribution in [2.75, 3.05) is 6.54 Å². The van der Waals surface area contributed by atoms with Gasteiger partial charge in [-0.3, -0.25) is 14.5 Å². The number of unbranched alkanes of at least 4 members (excludes halogenated alkanes) is 7. The molecule has 0 saturated carbocycles. The van der Waals surface area contributed by atoms with Crippen LogP contribution in [0.3, 0.4) is 0 Å². The predicted molar refractivity (Wildman–Crippen MR) is 105 cm³/mol. The molecule has 2 amide bonds. The van der Waals surface area contributed by atoms with E-state index < -0.39 is 17.6 Å². The quantitative estimate of drug-likeness (QED) is 0.402. The maximum atomic E-state index is 12.6. The Morgan fingerprint density at radius 3 is 2.15 bits per heavy atom. The Morgan fingerprint density at radius 1 is 0.923 bits per heavy atom. The highest BCUT2D eigenvalue weighted by atomic mass is 35.5. The van der Waals surface area contributed by atoms with Crippen molar-refractivity contribution in [3.05, 3.63) is 39.6 Å². The maximum absolute atomic E-state index is 12.6. The van der Waals surface area contributed by atoms with E-state index in [4.69, 9.17) is 23.2 Å². The van der Waals surface area contributed by atoms with E-state index in [0.717, 1.165) is 24.2 Å². The van der Waals surface area contributed by atoms with Crippen LogP contribution in [-0.4, -0.2) is 28.4 Å². The van der Waals surface area contributed by atoms with Gasteiger partial charge in [0.05, 0.1) is 10.6 Å². The van der Waals surface area contributed by atoms with Gasteiger partial charge in [-0.1, -0.05) is 81.1 Å². The fourth-order valence-electron chi connectivity index (χ4n) is 3.11. The standard InChI is InChI=1S/C20H25Cl2NO3/c1-2-3-4-5-6-7-8-9-12-23-19(25)17(18(24)20(23)26)15-11-10-14(21)13-16(15)22/h10-11,13,24H,2-9,12H2,1H3. The van der Waals surface area contributed by atoms with E-state index in [2.05, 4.69) is 6.92 Å². The molecule has 4 nitrogen and oxygen atoms in total. The lowest BCUT2D eigenvalue weighted by atomic mass is 10.1. The normalized spacial score (nSPS) is 14.7. The van der Waals surface area contributed by atoms with E-state index in [1.54, 1.807) is 12.1 Å². The monoisotopic (exact) mass is 397 g/mol. The summed E-state index contributed by atoms with van der Waals surface area (Å²) in [6.07, 6.45) is 8.97. The maximum Gasteiger partial charge on any atom is 0.296 e. The van der Waals surface area contributed by atoms with Crippen molar-refractivity contribution in [3.8, 4) is 0 Å². The van der Waals surface area contributed by atoms with Crippen molar-refractivity contribution in [2.24, 2.45) is 0 Å². The molecule has 0 spiro atoms. The van der Waals surface area contributed by atoms with Gasteiger partial charge in [-0.25, -0.2) is 0 Å². The van der Waals surface area contributed by atoms with Crippen LogP contribution in [0.2, 0.25) is 10.0 Å². The Morgan fingerprint density at radius 2 is 1.54 bits per heavy atom. The lowest BCUT2D eigenvalue weighted by molar-refractivity contribution is -0.138. The number of carbonyl (C=O) groups excluding carboxylic acids is 2. The molecule has 142 valence electrons. The highest BCUT2D eigenvalue weighted by Crippen LogP contribution is 2.34. The second-order valence-electron chi connectivity index (χ2n) is 6.58. The van der Waals surface area contributed by atoms with Gasteiger partial charge in [0.15, 0.2) is 5.76 Å². The summed E-state index contributed by atoms with van der Waals surface area (Å²) >= 11 is 12.0. The first-order valence-electron chi connectivity index (χ1n) is 9.22. The number of rotatable bonds is 10. The van der Waals surface area contributed by atoms with Crippen molar-refractivity contribution < 1.29 is 14.7 Å². The van der Waals surface area contributed by atoms with Crippen LogP contribution in [0.25, 0.3) is 5.57 Å². The van der Waals surface area contributed by atoms with Gasteiger partial charge in [0.2, 0.25) is 0 Å². The fourth-order valence-corrected chi connectivity index (χ4v) is 3.61. The van der Waals surface area contributed by atoms with Crippen molar-refractivity contribution in [1.29, 1.82) is 0 Å². The highest BCUT2D eigenvalue weighted by Gasteiger charge is 2.39. The smallest absolute Gasteiger partial charge is 0.296 e. The van der Waals surface area contributed by atoms with E-state index >= 15 is 0 Å². The van der Waals surface area contributed by atoms with Gasteiger partial charge in [-0.15, -0.1) is 0 Å². The first-order chi connectivity index (χ1) is 12.5. The summed E-state index contributed by atoms with van der Waals surface area (Å²) in [5.41, 5.74) is 0.279. The first kappa shape index (κ1) is 20.8. The lowest BCUT2D eigenvalue weighted by Gasteiger charge is -2.14. The second-order valence-corrected chi connectivity index (χ2v) is 7.43. The zero-order chi connectivity index (χ0) is 19.1. The predicted octanol–water partition coefficient (Wildman–Crippen LogP) is 5.77. The third kappa shape index (κ3) is 5.01. The van der Waals surface area contributed by atoms with Crippen LogP contribution in [0.5, 0.6) is 0 Å². The van der Waals surface area contributed by atoms with E-state index in [1.807, 2.05) is 0 Å². The minimum Gasteiger partial charge on any atom is -0.502 e. The largest absolute Gasteiger partial charge is 0.502 e. The molecule has 0 aromatic heterocycles. The fraction of sp³-hybridized carbons (Fsp3) is 0.500. The molecular formula is C20H25Cl2NO3. The summed E-state index contributed by atoms with van der Waals surface area (Å²) in [5, 5.41) is 10.8. The zero-order valence-electron chi connectivity index (χ0n) is 15.1. The average molecular weight is 398 g/mol. The summed E-state index contributed by atoms with van der Waals surface area (Å²) in [6, 6.07) is 4.60. The Bertz CT molecular complexity index is 700. The average Bonchev–Trinajstić information content (AvgIpc) is 2.81. The lowest BCUT2D eigenvalue weighted by Crippen LogP contribution is -2.32. The third-order valence-electron chi connectivity index (χ3n) is 4.58. The number of nitrogens with zero attached hydrogens (tertiary/aromatic N) is 1. The molecule has 6 heteroatoms. The molecule has 26 heavy (non-hydrogen) atoms. The molecule has 0 fully saturated rings. The molecule has 0 radical (unpaired) electrons. The highest BCUT2D eigenvalue weighted by molar-refractivity contribution is 6.40. The Kier molecular flexibility index (Phi) is 7.98. The number of carbonyl (C=O) groups is 2. The summed E-state index contributed by atoms with van der Waals surface area (Å²) in [7, 11) is 0. The summed E-state index contributed by atoms with van der Waals surface area (Å²) in [5.74, 6) is -1.70. The molecule has 1 N–H and O–H groups in total. The summed E-state index contributed by atoms with van der Waals surface area (Å²) in [4.78, 5) is 25.9. The van der Waals surface area contributed by atoms with Gasteiger partial charge in [-0.2, -0.15) is 0 Å². The topological polar surface area (TPSA) is 57.6 Å². The van der Waals surface area contributed by atoms with Gasteiger partial charge in [-0.05, 0) is 18.6 Å². The molecule has 0 unspecified atom stereocenters. The molecule has 1 aliphatic heterocycles.